The van der Waals surface area contributed by atoms with Crippen molar-refractivity contribution in [3.63, 3.8) is 0 Å². The number of benzene rings is 2. The highest BCUT2D eigenvalue weighted by Crippen LogP contribution is 2.42. The van der Waals surface area contributed by atoms with Crippen molar-refractivity contribution < 1.29 is 14.0 Å². The van der Waals surface area contributed by atoms with Crippen molar-refractivity contribution >= 4 is 35.0 Å². The van der Waals surface area contributed by atoms with Crippen LogP contribution in [0.1, 0.15) is 43.5 Å². The van der Waals surface area contributed by atoms with Gasteiger partial charge in [-0.05, 0) is 42.3 Å². The van der Waals surface area contributed by atoms with Crippen molar-refractivity contribution in [3.05, 3.63) is 59.9 Å². The van der Waals surface area contributed by atoms with Crippen molar-refractivity contribution in [1.82, 2.24) is 0 Å². The lowest BCUT2D eigenvalue weighted by Gasteiger charge is -2.24. The summed E-state index contributed by atoms with van der Waals surface area (Å²) < 4.78 is 13.6. The zero-order valence-electron chi connectivity index (χ0n) is 15.3. The van der Waals surface area contributed by atoms with Crippen LogP contribution in [0.15, 0.2) is 48.5 Å². The zero-order chi connectivity index (χ0) is 19.2. The van der Waals surface area contributed by atoms with Crippen LogP contribution in [0.2, 0.25) is 0 Å². The van der Waals surface area contributed by atoms with Crippen LogP contribution in [0.5, 0.6) is 0 Å². The summed E-state index contributed by atoms with van der Waals surface area (Å²) in [6, 6.07) is 13.6. The number of halogens is 1. The van der Waals surface area contributed by atoms with Gasteiger partial charge in [0.15, 0.2) is 0 Å². The molecule has 1 saturated heterocycles. The summed E-state index contributed by atoms with van der Waals surface area (Å²) in [6.07, 6.45) is 3.50. The first kappa shape index (κ1) is 19.4. The molecule has 0 aromatic heterocycles. The Kier molecular flexibility index (Phi) is 6.50. The van der Waals surface area contributed by atoms with Gasteiger partial charge in [-0.15, -0.1) is 11.8 Å². The molecule has 2 aromatic carbocycles. The monoisotopic (exact) mass is 386 g/mol. The quantitative estimate of drug-likeness (QED) is 0.672. The molecule has 0 bridgehead atoms. The average Bonchev–Trinajstić information content (AvgIpc) is 3.04. The molecule has 27 heavy (non-hydrogen) atoms. The van der Waals surface area contributed by atoms with Crippen molar-refractivity contribution in [3.8, 4) is 0 Å². The summed E-state index contributed by atoms with van der Waals surface area (Å²) in [7, 11) is 0. The van der Waals surface area contributed by atoms with Crippen LogP contribution in [0.3, 0.4) is 0 Å². The molecule has 1 aliphatic rings. The van der Waals surface area contributed by atoms with E-state index in [1.165, 1.54) is 23.9 Å². The van der Waals surface area contributed by atoms with Gasteiger partial charge in [0.05, 0.1) is 5.75 Å². The Bertz CT molecular complexity index is 827. The maximum atomic E-state index is 13.6. The molecule has 0 spiro atoms. The van der Waals surface area contributed by atoms with Gasteiger partial charge in [-0.1, -0.05) is 38.0 Å². The smallest absolute Gasteiger partial charge is 0.238 e. The number of rotatable bonds is 7. The predicted molar refractivity (Wildman–Crippen MR) is 108 cm³/mol. The summed E-state index contributed by atoms with van der Waals surface area (Å²) in [5, 5.41) is 2.69. The molecule has 1 N–H and O–H groups in total. The Morgan fingerprint density at radius 3 is 2.81 bits per heavy atom. The maximum absolute atomic E-state index is 13.6. The first-order valence-corrected chi connectivity index (χ1v) is 10.2. The van der Waals surface area contributed by atoms with Crippen molar-refractivity contribution in [2.75, 3.05) is 16.0 Å². The lowest BCUT2D eigenvalue weighted by Crippen LogP contribution is -2.27. The fourth-order valence-corrected chi connectivity index (χ4v) is 4.27. The van der Waals surface area contributed by atoms with E-state index in [4.69, 9.17) is 0 Å². The molecule has 0 saturated carbocycles. The molecule has 3 rings (SSSR count). The number of hydrogen-bond donors (Lipinski definition) is 1. The van der Waals surface area contributed by atoms with Gasteiger partial charge in [-0.25, -0.2) is 4.39 Å². The topological polar surface area (TPSA) is 49.4 Å². The third-order valence-electron chi connectivity index (χ3n) is 4.42. The molecule has 0 aliphatic carbocycles. The van der Waals surface area contributed by atoms with Crippen molar-refractivity contribution in [1.29, 1.82) is 0 Å². The van der Waals surface area contributed by atoms with Crippen LogP contribution in [0.4, 0.5) is 15.8 Å². The largest absolute Gasteiger partial charge is 0.326 e. The summed E-state index contributed by atoms with van der Waals surface area (Å²) in [4.78, 5) is 26.1. The highest BCUT2D eigenvalue weighted by Gasteiger charge is 2.34. The maximum Gasteiger partial charge on any atom is 0.238 e. The molecule has 1 heterocycles. The lowest BCUT2D eigenvalue weighted by atomic mass is 10.1. The summed E-state index contributed by atoms with van der Waals surface area (Å²) in [6.45, 7) is 2.10. The Morgan fingerprint density at radius 2 is 2.04 bits per heavy atom. The van der Waals surface area contributed by atoms with E-state index in [0.717, 1.165) is 24.8 Å². The molecule has 1 aliphatic heterocycles. The number of nitrogens with one attached hydrogen (secondary N) is 1. The molecular formula is C21H23FN2O2S. The van der Waals surface area contributed by atoms with E-state index in [9.17, 15) is 14.0 Å². The second-order valence-corrected chi connectivity index (χ2v) is 7.61. The Morgan fingerprint density at radius 1 is 1.22 bits per heavy atom. The van der Waals surface area contributed by atoms with Crippen LogP contribution in [0, 0.1) is 5.82 Å². The minimum Gasteiger partial charge on any atom is -0.326 e. The number of amides is 2. The standard InChI is InChI=1S/C21H23FN2O2S/c1-2-3-4-11-19(25)23-17-9-5-7-15(12-17)21-24(20(26)14-27-21)18-10-6-8-16(22)13-18/h5-10,12-13,21H,2-4,11,14H2,1H3,(H,23,25). The Hall–Kier alpha value is -2.34. The third-order valence-corrected chi connectivity index (χ3v) is 5.63. The Balaban J connectivity index is 1.77. The fourth-order valence-electron chi connectivity index (χ4n) is 3.10. The van der Waals surface area contributed by atoms with Gasteiger partial charge < -0.3 is 5.32 Å². The van der Waals surface area contributed by atoms with Gasteiger partial charge in [0.1, 0.15) is 11.2 Å². The summed E-state index contributed by atoms with van der Waals surface area (Å²) in [5.74, 6) is -0.0826. The van der Waals surface area contributed by atoms with E-state index in [1.54, 1.807) is 17.0 Å². The van der Waals surface area contributed by atoms with E-state index in [1.807, 2.05) is 24.3 Å². The molecule has 4 nitrogen and oxygen atoms in total. The van der Waals surface area contributed by atoms with E-state index >= 15 is 0 Å². The molecule has 142 valence electrons. The summed E-state index contributed by atoms with van der Waals surface area (Å²) in [5.41, 5.74) is 2.17. The van der Waals surface area contributed by atoms with Gasteiger partial charge in [0.25, 0.3) is 0 Å². The number of anilines is 2. The normalized spacial score (nSPS) is 16.6. The number of carbonyl (C=O) groups is 2. The minimum absolute atomic E-state index is 0.00209. The second kappa shape index (κ2) is 9.04. The number of nitrogens with zero attached hydrogens (tertiary/aromatic N) is 1. The molecule has 0 radical (unpaired) electrons. The number of hydrogen-bond acceptors (Lipinski definition) is 3. The van der Waals surface area contributed by atoms with Crippen LogP contribution in [-0.2, 0) is 9.59 Å². The van der Waals surface area contributed by atoms with Crippen LogP contribution < -0.4 is 10.2 Å². The molecule has 1 atom stereocenters. The molecular weight excluding hydrogens is 363 g/mol. The van der Waals surface area contributed by atoms with Crippen molar-refractivity contribution in [2.45, 2.75) is 38.0 Å². The van der Waals surface area contributed by atoms with Crippen LogP contribution in [-0.4, -0.2) is 17.6 Å². The van der Waals surface area contributed by atoms with Crippen molar-refractivity contribution in [2.24, 2.45) is 0 Å². The third kappa shape index (κ3) is 4.89. The lowest BCUT2D eigenvalue weighted by molar-refractivity contribution is -0.117. The highest BCUT2D eigenvalue weighted by molar-refractivity contribution is 8.00. The van der Waals surface area contributed by atoms with Gasteiger partial charge in [0, 0.05) is 17.8 Å². The summed E-state index contributed by atoms with van der Waals surface area (Å²) >= 11 is 1.50. The number of carbonyl (C=O) groups excluding carboxylic acids is 2. The van der Waals surface area contributed by atoms with Crippen LogP contribution >= 0.6 is 11.8 Å². The van der Waals surface area contributed by atoms with E-state index in [2.05, 4.69) is 12.2 Å². The minimum atomic E-state index is -0.371. The average molecular weight is 386 g/mol. The Labute approximate surface area is 163 Å². The van der Waals surface area contributed by atoms with Gasteiger partial charge in [-0.2, -0.15) is 0 Å². The van der Waals surface area contributed by atoms with E-state index in [0.29, 0.717) is 23.5 Å². The van der Waals surface area contributed by atoms with E-state index < -0.39 is 0 Å². The second-order valence-electron chi connectivity index (χ2n) is 6.54. The van der Waals surface area contributed by atoms with Crippen LogP contribution in [0.25, 0.3) is 0 Å². The zero-order valence-corrected chi connectivity index (χ0v) is 16.1. The van der Waals surface area contributed by atoms with Gasteiger partial charge in [0.2, 0.25) is 11.8 Å². The molecule has 6 heteroatoms. The highest BCUT2D eigenvalue weighted by atomic mass is 32.2. The fraction of sp³-hybridized carbons (Fsp3) is 0.333. The first-order valence-electron chi connectivity index (χ1n) is 9.17. The number of thioether (sulfide) groups is 1. The first-order chi connectivity index (χ1) is 13.1. The van der Waals surface area contributed by atoms with E-state index in [-0.39, 0.29) is 23.0 Å². The number of unbranched alkanes of at least 4 members (excludes halogenated alkanes) is 2. The predicted octanol–water partition coefficient (Wildman–Crippen LogP) is 5.12. The molecule has 1 unspecified atom stereocenters. The van der Waals surface area contributed by atoms with Gasteiger partial charge >= 0.3 is 0 Å². The SMILES string of the molecule is CCCCCC(=O)Nc1cccc(C2SCC(=O)N2c2cccc(F)c2)c1. The molecule has 1 fully saturated rings. The molecule has 2 aromatic rings. The molecule has 2 amide bonds. The van der Waals surface area contributed by atoms with Gasteiger partial charge in [-0.3, -0.25) is 14.5 Å².